The van der Waals surface area contributed by atoms with E-state index in [2.05, 4.69) is 0 Å². The largest absolute Gasteiger partial charge is 0.481 e. The molecule has 1 aromatic heterocycles. The summed E-state index contributed by atoms with van der Waals surface area (Å²) in [7, 11) is 0. The minimum Gasteiger partial charge on any atom is -0.481 e. The standard InChI is InChI=1S/C19H17NO4/c21-18(22)10-11-20(12-14-6-2-1-3-7-14)19(23)16-13-24-17-9-5-4-8-15(16)17/h1-9,13H,10-12H2,(H,21,22). The van der Waals surface area contributed by atoms with Crippen molar-refractivity contribution in [1.29, 1.82) is 0 Å². The van der Waals surface area contributed by atoms with Gasteiger partial charge in [0.25, 0.3) is 5.91 Å². The molecule has 0 aliphatic rings. The number of amides is 1. The Balaban J connectivity index is 1.88. The third kappa shape index (κ3) is 3.46. The van der Waals surface area contributed by atoms with Crippen LogP contribution < -0.4 is 0 Å². The van der Waals surface area contributed by atoms with Crippen molar-refractivity contribution in [1.82, 2.24) is 4.90 Å². The van der Waals surface area contributed by atoms with Gasteiger partial charge in [-0.1, -0.05) is 48.5 Å². The average molecular weight is 323 g/mol. The molecule has 0 aliphatic heterocycles. The van der Waals surface area contributed by atoms with Gasteiger partial charge in [-0.25, -0.2) is 0 Å². The number of aliphatic carboxylic acids is 1. The van der Waals surface area contributed by atoms with Crippen LogP contribution in [0.15, 0.2) is 65.3 Å². The summed E-state index contributed by atoms with van der Waals surface area (Å²) in [5.41, 5.74) is 2.04. The predicted octanol–water partition coefficient (Wildman–Crippen LogP) is 3.55. The van der Waals surface area contributed by atoms with Crippen LogP contribution >= 0.6 is 0 Å². The zero-order valence-electron chi connectivity index (χ0n) is 13.0. The van der Waals surface area contributed by atoms with Gasteiger partial charge in [0.1, 0.15) is 11.8 Å². The fourth-order valence-electron chi connectivity index (χ4n) is 2.60. The molecule has 0 saturated heterocycles. The number of carbonyl (C=O) groups excluding carboxylic acids is 1. The highest BCUT2D eigenvalue weighted by Gasteiger charge is 2.21. The molecule has 5 nitrogen and oxygen atoms in total. The van der Waals surface area contributed by atoms with Gasteiger partial charge in [-0.05, 0) is 11.6 Å². The van der Waals surface area contributed by atoms with Crippen LogP contribution in [0.25, 0.3) is 11.0 Å². The predicted molar refractivity (Wildman–Crippen MR) is 89.6 cm³/mol. The molecule has 0 spiro atoms. The number of furan rings is 1. The van der Waals surface area contributed by atoms with Crippen LogP contribution in [-0.4, -0.2) is 28.4 Å². The molecule has 0 aliphatic carbocycles. The summed E-state index contributed by atoms with van der Waals surface area (Å²) in [5, 5.41) is 9.69. The third-order valence-electron chi connectivity index (χ3n) is 3.81. The average Bonchev–Trinajstić information content (AvgIpc) is 3.03. The van der Waals surface area contributed by atoms with Gasteiger partial charge in [-0.2, -0.15) is 0 Å². The Kier molecular flexibility index (Phi) is 4.61. The van der Waals surface area contributed by atoms with Gasteiger partial charge in [0.05, 0.1) is 12.0 Å². The second-order valence-corrected chi connectivity index (χ2v) is 5.50. The van der Waals surface area contributed by atoms with Crippen LogP contribution in [0.1, 0.15) is 22.3 Å². The van der Waals surface area contributed by atoms with E-state index < -0.39 is 5.97 Å². The van der Waals surface area contributed by atoms with E-state index in [4.69, 9.17) is 9.52 Å². The Morgan fingerprint density at radius 1 is 1.00 bits per heavy atom. The summed E-state index contributed by atoms with van der Waals surface area (Å²) in [5.74, 6) is -1.16. The molecule has 0 atom stereocenters. The minimum absolute atomic E-state index is 0.103. The maximum Gasteiger partial charge on any atom is 0.305 e. The first-order valence-corrected chi connectivity index (χ1v) is 7.66. The summed E-state index contributed by atoms with van der Waals surface area (Å²) in [4.78, 5) is 25.4. The lowest BCUT2D eigenvalue weighted by Crippen LogP contribution is -2.32. The van der Waals surface area contributed by atoms with E-state index in [-0.39, 0.29) is 18.9 Å². The van der Waals surface area contributed by atoms with E-state index in [1.54, 1.807) is 11.0 Å². The molecule has 24 heavy (non-hydrogen) atoms. The summed E-state index contributed by atoms with van der Waals surface area (Å²) in [6, 6.07) is 16.8. The van der Waals surface area contributed by atoms with E-state index >= 15 is 0 Å². The molecule has 5 heteroatoms. The van der Waals surface area contributed by atoms with Gasteiger partial charge >= 0.3 is 5.97 Å². The molecule has 1 amide bonds. The molecule has 0 radical (unpaired) electrons. The van der Waals surface area contributed by atoms with Crippen molar-refractivity contribution in [3.05, 3.63) is 72.0 Å². The summed E-state index contributed by atoms with van der Waals surface area (Å²) in [6.07, 6.45) is 1.33. The lowest BCUT2D eigenvalue weighted by molar-refractivity contribution is -0.137. The second-order valence-electron chi connectivity index (χ2n) is 5.50. The van der Waals surface area contributed by atoms with E-state index in [1.165, 1.54) is 6.26 Å². The second kappa shape index (κ2) is 7.00. The molecule has 0 unspecified atom stereocenters. The Morgan fingerprint density at radius 3 is 2.46 bits per heavy atom. The maximum absolute atomic E-state index is 12.9. The van der Waals surface area contributed by atoms with Gasteiger partial charge in [-0.15, -0.1) is 0 Å². The van der Waals surface area contributed by atoms with E-state index in [0.717, 1.165) is 10.9 Å². The summed E-state index contributed by atoms with van der Waals surface area (Å²) in [6.45, 7) is 0.495. The Labute approximate surface area is 139 Å². The minimum atomic E-state index is -0.932. The van der Waals surface area contributed by atoms with Gasteiger partial charge in [-0.3, -0.25) is 9.59 Å². The monoisotopic (exact) mass is 323 g/mol. The highest BCUT2D eigenvalue weighted by Crippen LogP contribution is 2.23. The highest BCUT2D eigenvalue weighted by molar-refractivity contribution is 6.05. The topological polar surface area (TPSA) is 70.8 Å². The number of carboxylic acid groups (broad SMARTS) is 1. The van der Waals surface area contributed by atoms with Crippen LogP contribution in [0.3, 0.4) is 0 Å². The van der Waals surface area contributed by atoms with Crippen molar-refractivity contribution >= 4 is 22.8 Å². The van der Waals surface area contributed by atoms with Crippen LogP contribution in [-0.2, 0) is 11.3 Å². The van der Waals surface area contributed by atoms with E-state index in [9.17, 15) is 9.59 Å². The molecule has 0 bridgehead atoms. The molecule has 3 aromatic rings. The van der Waals surface area contributed by atoms with Crippen molar-refractivity contribution in [3.8, 4) is 0 Å². The van der Waals surface area contributed by atoms with E-state index in [0.29, 0.717) is 17.7 Å². The number of carboxylic acids is 1. The fourth-order valence-corrected chi connectivity index (χ4v) is 2.60. The Hall–Kier alpha value is -3.08. The number of rotatable bonds is 6. The smallest absolute Gasteiger partial charge is 0.305 e. The van der Waals surface area contributed by atoms with Crippen molar-refractivity contribution in [3.63, 3.8) is 0 Å². The number of hydrogen-bond donors (Lipinski definition) is 1. The quantitative estimate of drug-likeness (QED) is 0.753. The first-order chi connectivity index (χ1) is 11.6. The molecule has 3 rings (SSSR count). The molecule has 0 saturated carbocycles. The molecule has 122 valence electrons. The summed E-state index contributed by atoms with van der Waals surface area (Å²) >= 11 is 0. The van der Waals surface area contributed by atoms with Crippen LogP contribution in [0.2, 0.25) is 0 Å². The van der Waals surface area contributed by atoms with Gasteiger partial charge < -0.3 is 14.4 Å². The molecule has 1 heterocycles. The zero-order valence-corrected chi connectivity index (χ0v) is 13.0. The Morgan fingerprint density at radius 2 is 1.71 bits per heavy atom. The normalized spacial score (nSPS) is 10.7. The molecule has 1 N–H and O–H groups in total. The SMILES string of the molecule is O=C(O)CCN(Cc1ccccc1)C(=O)c1coc2ccccc12. The van der Waals surface area contributed by atoms with Crippen molar-refractivity contribution in [2.24, 2.45) is 0 Å². The van der Waals surface area contributed by atoms with Crippen molar-refractivity contribution in [2.45, 2.75) is 13.0 Å². The number of nitrogens with zero attached hydrogens (tertiary/aromatic N) is 1. The molecular weight excluding hydrogens is 306 g/mol. The lowest BCUT2D eigenvalue weighted by Gasteiger charge is -2.21. The highest BCUT2D eigenvalue weighted by atomic mass is 16.4. The van der Waals surface area contributed by atoms with Gasteiger partial charge in [0.2, 0.25) is 0 Å². The van der Waals surface area contributed by atoms with Crippen LogP contribution in [0.5, 0.6) is 0 Å². The van der Waals surface area contributed by atoms with Crippen LogP contribution in [0, 0.1) is 0 Å². The fraction of sp³-hybridized carbons (Fsp3) is 0.158. The molecule has 2 aromatic carbocycles. The van der Waals surface area contributed by atoms with Gasteiger partial charge in [0, 0.05) is 18.5 Å². The number of para-hydroxylation sites is 1. The van der Waals surface area contributed by atoms with E-state index in [1.807, 2.05) is 48.5 Å². The maximum atomic E-state index is 12.9. The first-order valence-electron chi connectivity index (χ1n) is 7.66. The Bertz CT molecular complexity index is 854. The van der Waals surface area contributed by atoms with Gasteiger partial charge in [0.15, 0.2) is 0 Å². The number of carbonyl (C=O) groups is 2. The number of benzene rings is 2. The number of fused-ring (bicyclic) bond motifs is 1. The van der Waals surface area contributed by atoms with Crippen LogP contribution in [0.4, 0.5) is 0 Å². The number of hydrogen-bond acceptors (Lipinski definition) is 3. The molecular formula is C19H17NO4. The molecule has 0 fully saturated rings. The lowest BCUT2D eigenvalue weighted by atomic mass is 10.1. The third-order valence-corrected chi connectivity index (χ3v) is 3.81. The van der Waals surface area contributed by atoms with Crippen molar-refractivity contribution < 1.29 is 19.1 Å². The van der Waals surface area contributed by atoms with Crippen molar-refractivity contribution in [2.75, 3.05) is 6.54 Å². The summed E-state index contributed by atoms with van der Waals surface area (Å²) < 4.78 is 5.43. The zero-order chi connectivity index (χ0) is 16.9. The first kappa shape index (κ1) is 15.8.